The molecule has 0 aromatic carbocycles. The average Bonchev–Trinajstić information content (AvgIpc) is 2.76. The SMILES string of the molecule is COCC(C)CNS(=O)(=O)c1ccsc1CO. The van der Waals surface area contributed by atoms with Gasteiger partial charge in [-0.15, -0.1) is 11.3 Å². The molecular formula is C10H17NO4S2. The van der Waals surface area contributed by atoms with Crippen LogP contribution in [0.3, 0.4) is 0 Å². The van der Waals surface area contributed by atoms with E-state index < -0.39 is 10.0 Å². The number of hydrogen-bond donors (Lipinski definition) is 2. The highest BCUT2D eigenvalue weighted by Gasteiger charge is 2.19. The Morgan fingerprint density at radius 2 is 2.29 bits per heavy atom. The highest BCUT2D eigenvalue weighted by atomic mass is 32.2. The van der Waals surface area contributed by atoms with Gasteiger partial charge in [0.15, 0.2) is 0 Å². The molecule has 0 saturated carbocycles. The van der Waals surface area contributed by atoms with Crippen LogP contribution in [0.25, 0.3) is 0 Å². The number of ether oxygens (including phenoxy) is 1. The summed E-state index contributed by atoms with van der Waals surface area (Å²) in [5, 5.41) is 10.7. The van der Waals surface area contributed by atoms with E-state index in [-0.39, 0.29) is 17.4 Å². The standard InChI is InChI=1S/C10H17NO4S2/c1-8(7-15-2)5-11-17(13,14)10-3-4-16-9(10)6-12/h3-4,8,11-12H,5-7H2,1-2H3. The van der Waals surface area contributed by atoms with Crippen LogP contribution in [-0.2, 0) is 21.4 Å². The minimum atomic E-state index is -3.53. The Hall–Kier alpha value is -0.470. The van der Waals surface area contributed by atoms with Crippen molar-refractivity contribution in [2.24, 2.45) is 5.92 Å². The number of aliphatic hydroxyl groups excluding tert-OH is 1. The molecule has 98 valence electrons. The van der Waals surface area contributed by atoms with Gasteiger partial charge in [0.2, 0.25) is 10.0 Å². The molecule has 0 radical (unpaired) electrons. The van der Waals surface area contributed by atoms with E-state index in [0.29, 0.717) is 18.0 Å². The molecule has 0 aliphatic heterocycles. The van der Waals surface area contributed by atoms with Gasteiger partial charge in [0, 0.05) is 25.1 Å². The Morgan fingerprint density at radius 3 is 2.88 bits per heavy atom. The van der Waals surface area contributed by atoms with Crippen LogP contribution >= 0.6 is 11.3 Å². The third-order valence-corrected chi connectivity index (χ3v) is 4.75. The predicted octanol–water partition coefficient (Wildman–Crippen LogP) is 0.801. The van der Waals surface area contributed by atoms with Crippen molar-refractivity contribution in [2.75, 3.05) is 20.3 Å². The second-order valence-corrected chi connectivity index (χ2v) is 6.51. The zero-order chi connectivity index (χ0) is 12.9. The van der Waals surface area contributed by atoms with Crippen molar-refractivity contribution < 1.29 is 18.3 Å². The molecule has 0 aliphatic carbocycles. The van der Waals surface area contributed by atoms with E-state index in [1.165, 1.54) is 17.4 Å². The summed E-state index contributed by atoms with van der Waals surface area (Å²) in [5.74, 6) is 0.103. The summed E-state index contributed by atoms with van der Waals surface area (Å²) in [6, 6.07) is 1.50. The molecule has 5 nitrogen and oxygen atoms in total. The fraction of sp³-hybridized carbons (Fsp3) is 0.600. The van der Waals surface area contributed by atoms with Crippen LogP contribution in [0.15, 0.2) is 16.3 Å². The highest BCUT2D eigenvalue weighted by Crippen LogP contribution is 2.21. The lowest BCUT2D eigenvalue weighted by atomic mass is 10.2. The van der Waals surface area contributed by atoms with Gasteiger partial charge in [-0.1, -0.05) is 6.92 Å². The first kappa shape index (κ1) is 14.6. The largest absolute Gasteiger partial charge is 0.391 e. The smallest absolute Gasteiger partial charge is 0.241 e. The summed E-state index contributed by atoms with van der Waals surface area (Å²) in [5.41, 5.74) is 0. The molecule has 1 unspecified atom stereocenters. The zero-order valence-corrected chi connectivity index (χ0v) is 11.5. The fourth-order valence-corrected chi connectivity index (χ4v) is 3.81. The van der Waals surface area contributed by atoms with E-state index in [9.17, 15) is 8.42 Å². The number of hydrogen-bond acceptors (Lipinski definition) is 5. The average molecular weight is 279 g/mol. The predicted molar refractivity (Wildman–Crippen MR) is 66.5 cm³/mol. The highest BCUT2D eigenvalue weighted by molar-refractivity contribution is 7.89. The number of rotatable bonds is 7. The van der Waals surface area contributed by atoms with Gasteiger partial charge in [0.25, 0.3) is 0 Å². The van der Waals surface area contributed by atoms with Crippen molar-refractivity contribution in [3.8, 4) is 0 Å². The summed E-state index contributed by atoms with van der Waals surface area (Å²) in [7, 11) is -1.95. The molecule has 1 aromatic rings. The summed E-state index contributed by atoms with van der Waals surface area (Å²) >= 11 is 1.23. The Morgan fingerprint density at radius 1 is 1.59 bits per heavy atom. The Kier molecular flexibility index (Phi) is 5.54. The van der Waals surface area contributed by atoms with Gasteiger partial charge in [-0.05, 0) is 17.4 Å². The fourth-order valence-electron chi connectivity index (χ4n) is 1.36. The van der Waals surface area contributed by atoms with Crippen LogP contribution in [0.4, 0.5) is 0 Å². The molecule has 0 spiro atoms. The molecule has 0 amide bonds. The monoisotopic (exact) mass is 279 g/mol. The first-order chi connectivity index (χ1) is 8.01. The Labute approximate surface area is 105 Å². The van der Waals surface area contributed by atoms with Crippen LogP contribution < -0.4 is 4.72 Å². The van der Waals surface area contributed by atoms with E-state index in [2.05, 4.69) is 4.72 Å². The maximum absolute atomic E-state index is 11.9. The maximum Gasteiger partial charge on any atom is 0.241 e. The number of aliphatic hydroxyl groups is 1. The second kappa shape index (κ2) is 6.46. The third-order valence-electron chi connectivity index (χ3n) is 2.21. The molecule has 0 bridgehead atoms. The Balaban J connectivity index is 2.69. The lowest BCUT2D eigenvalue weighted by molar-refractivity contribution is 0.161. The van der Waals surface area contributed by atoms with E-state index in [4.69, 9.17) is 9.84 Å². The molecule has 17 heavy (non-hydrogen) atoms. The van der Waals surface area contributed by atoms with Gasteiger partial charge in [-0.2, -0.15) is 0 Å². The quantitative estimate of drug-likeness (QED) is 0.774. The van der Waals surface area contributed by atoms with E-state index >= 15 is 0 Å². The van der Waals surface area contributed by atoms with Gasteiger partial charge >= 0.3 is 0 Å². The first-order valence-electron chi connectivity index (χ1n) is 5.17. The molecule has 0 aliphatic rings. The molecule has 7 heteroatoms. The zero-order valence-electron chi connectivity index (χ0n) is 9.84. The normalized spacial score (nSPS) is 13.8. The number of nitrogens with one attached hydrogen (secondary N) is 1. The lowest BCUT2D eigenvalue weighted by Crippen LogP contribution is -2.30. The van der Waals surface area contributed by atoms with Gasteiger partial charge in [-0.3, -0.25) is 0 Å². The number of thiophene rings is 1. The third kappa shape index (κ3) is 4.04. The molecule has 1 atom stereocenters. The minimum absolute atomic E-state index is 0.103. The van der Waals surface area contributed by atoms with E-state index in [0.717, 1.165) is 0 Å². The van der Waals surface area contributed by atoms with Crippen LogP contribution in [0.2, 0.25) is 0 Å². The summed E-state index contributed by atoms with van der Waals surface area (Å²) in [4.78, 5) is 0.617. The molecule has 0 saturated heterocycles. The van der Waals surface area contributed by atoms with Crippen LogP contribution in [0, 0.1) is 5.92 Å². The van der Waals surface area contributed by atoms with E-state index in [1.807, 2.05) is 6.92 Å². The van der Waals surface area contributed by atoms with E-state index in [1.54, 1.807) is 12.5 Å². The van der Waals surface area contributed by atoms with Crippen molar-refractivity contribution in [3.63, 3.8) is 0 Å². The Bertz CT molecular complexity index is 441. The molecule has 0 fully saturated rings. The van der Waals surface area contributed by atoms with Crippen LogP contribution in [0.5, 0.6) is 0 Å². The summed E-state index contributed by atoms with van der Waals surface area (Å²) in [6.45, 7) is 2.45. The summed E-state index contributed by atoms with van der Waals surface area (Å²) in [6.07, 6.45) is 0. The summed E-state index contributed by atoms with van der Waals surface area (Å²) < 4.78 is 31.3. The lowest BCUT2D eigenvalue weighted by Gasteiger charge is -2.11. The second-order valence-electron chi connectivity index (χ2n) is 3.78. The molecule has 2 N–H and O–H groups in total. The number of methoxy groups -OCH3 is 1. The molecule has 1 aromatic heterocycles. The molecule has 1 heterocycles. The minimum Gasteiger partial charge on any atom is -0.391 e. The van der Waals surface area contributed by atoms with Gasteiger partial charge < -0.3 is 9.84 Å². The van der Waals surface area contributed by atoms with Gasteiger partial charge in [0.05, 0.1) is 11.5 Å². The number of sulfonamides is 1. The van der Waals surface area contributed by atoms with Crippen molar-refractivity contribution >= 4 is 21.4 Å². The van der Waals surface area contributed by atoms with Crippen LogP contribution in [-0.4, -0.2) is 33.8 Å². The van der Waals surface area contributed by atoms with Crippen molar-refractivity contribution in [1.29, 1.82) is 0 Å². The molecule has 1 rings (SSSR count). The van der Waals surface area contributed by atoms with Crippen LogP contribution in [0.1, 0.15) is 11.8 Å². The van der Waals surface area contributed by atoms with Gasteiger partial charge in [-0.25, -0.2) is 13.1 Å². The van der Waals surface area contributed by atoms with Crippen molar-refractivity contribution in [1.82, 2.24) is 4.72 Å². The molecular weight excluding hydrogens is 262 g/mol. The topological polar surface area (TPSA) is 75.6 Å². The maximum atomic E-state index is 11.9. The van der Waals surface area contributed by atoms with Gasteiger partial charge in [0.1, 0.15) is 0 Å². The van der Waals surface area contributed by atoms with Crippen molar-refractivity contribution in [3.05, 3.63) is 16.3 Å². The first-order valence-corrected chi connectivity index (χ1v) is 7.53. The van der Waals surface area contributed by atoms with Crippen molar-refractivity contribution in [2.45, 2.75) is 18.4 Å².